The second kappa shape index (κ2) is 9.86. The van der Waals surface area contributed by atoms with Crippen LogP contribution in [0.3, 0.4) is 0 Å². The summed E-state index contributed by atoms with van der Waals surface area (Å²) < 4.78 is 1.52. The van der Waals surface area contributed by atoms with Crippen LogP contribution in [0.1, 0.15) is 18.9 Å². The molecule has 162 valence electrons. The summed E-state index contributed by atoms with van der Waals surface area (Å²) in [7, 11) is 1.67. The lowest BCUT2D eigenvalue weighted by Gasteiger charge is -2.18. The van der Waals surface area contributed by atoms with Gasteiger partial charge in [-0.05, 0) is 31.2 Å². The number of amides is 1. The maximum atomic E-state index is 12.4. The molecule has 0 fully saturated rings. The molecule has 0 spiro atoms. The topological polar surface area (TPSA) is 112 Å². The van der Waals surface area contributed by atoms with Crippen molar-refractivity contribution in [2.45, 2.75) is 19.4 Å². The van der Waals surface area contributed by atoms with Gasteiger partial charge in [0.25, 0.3) is 5.56 Å². The van der Waals surface area contributed by atoms with Gasteiger partial charge < -0.3 is 20.5 Å². The first kappa shape index (κ1) is 22.7. The molecule has 32 heavy (non-hydrogen) atoms. The molecule has 0 saturated carbocycles. The molecule has 1 atom stereocenters. The lowest BCUT2D eigenvalue weighted by Crippen LogP contribution is -2.38. The molecule has 2 aromatic heterocycles. The lowest BCUT2D eigenvalue weighted by atomic mass is 10.1. The Morgan fingerprint density at radius 2 is 2.09 bits per heavy atom. The van der Waals surface area contributed by atoms with Crippen molar-refractivity contribution in [2.24, 2.45) is 7.05 Å². The summed E-state index contributed by atoms with van der Waals surface area (Å²) in [6, 6.07) is 9.95. The van der Waals surface area contributed by atoms with Gasteiger partial charge in [0.05, 0.1) is 11.2 Å². The highest BCUT2D eigenvalue weighted by Crippen LogP contribution is 2.29. The van der Waals surface area contributed by atoms with Crippen LogP contribution >= 0.6 is 11.6 Å². The highest BCUT2D eigenvalue weighted by atomic mass is 35.5. The Morgan fingerprint density at radius 3 is 2.81 bits per heavy atom. The van der Waals surface area contributed by atoms with Gasteiger partial charge >= 0.3 is 0 Å². The number of rotatable bonds is 7. The highest BCUT2D eigenvalue weighted by Gasteiger charge is 2.16. The zero-order valence-electron chi connectivity index (χ0n) is 17.6. The van der Waals surface area contributed by atoms with Gasteiger partial charge in [-0.15, -0.1) is 12.3 Å². The molecule has 3 aromatic rings. The first-order chi connectivity index (χ1) is 15.3. The van der Waals surface area contributed by atoms with Gasteiger partial charge in [-0.2, -0.15) is 5.26 Å². The van der Waals surface area contributed by atoms with Gasteiger partial charge in [0.2, 0.25) is 5.91 Å². The molecule has 0 radical (unpaired) electrons. The molecule has 9 heteroatoms. The number of terminal acetylenes is 1. The van der Waals surface area contributed by atoms with Crippen LogP contribution in [0, 0.1) is 23.7 Å². The van der Waals surface area contributed by atoms with E-state index in [0.29, 0.717) is 35.5 Å². The van der Waals surface area contributed by atoms with Crippen molar-refractivity contribution in [3.63, 3.8) is 0 Å². The summed E-state index contributed by atoms with van der Waals surface area (Å²) in [5.41, 5.74) is 2.38. The van der Waals surface area contributed by atoms with Crippen molar-refractivity contribution >= 4 is 45.5 Å². The predicted octanol–water partition coefficient (Wildman–Crippen LogP) is 3.14. The van der Waals surface area contributed by atoms with E-state index >= 15 is 0 Å². The van der Waals surface area contributed by atoms with Gasteiger partial charge in [0.1, 0.15) is 22.8 Å². The molecule has 0 unspecified atom stereocenters. The van der Waals surface area contributed by atoms with Gasteiger partial charge in [-0.3, -0.25) is 9.59 Å². The third-order valence-corrected chi connectivity index (χ3v) is 5.16. The van der Waals surface area contributed by atoms with Crippen LogP contribution in [0.4, 0.5) is 17.1 Å². The molecule has 8 nitrogen and oxygen atoms in total. The fourth-order valence-corrected chi connectivity index (χ4v) is 3.37. The van der Waals surface area contributed by atoms with Crippen LogP contribution in [0.15, 0.2) is 41.3 Å². The van der Waals surface area contributed by atoms with Gasteiger partial charge in [0, 0.05) is 49.0 Å². The van der Waals surface area contributed by atoms with Crippen LogP contribution < -0.4 is 21.5 Å². The van der Waals surface area contributed by atoms with E-state index in [0.717, 1.165) is 5.39 Å². The van der Waals surface area contributed by atoms with Crippen molar-refractivity contribution in [1.29, 1.82) is 5.26 Å². The second-order valence-electron chi connectivity index (χ2n) is 7.06. The number of fused-ring (bicyclic) bond motifs is 1. The number of anilines is 3. The summed E-state index contributed by atoms with van der Waals surface area (Å²) in [6.07, 6.45) is 7.15. The number of hydrogen-bond donors (Lipinski definition) is 3. The maximum absolute atomic E-state index is 12.4. The average Bonchev–Trinajstić information content (AvgIpc) is 2.77. The number of pyridine rings is 2. The fourth-order valence-electron chi connectivity index (χ4n) is 3.17. The second-order valence-corrected chi connectivity index (χ2v) is 7.42. The van der Waals surface area contributed by atoms with E-state index in [-0.39, 0.29) is 22.2 Å². The van der Waals surface area contributed by atoms with E-state index in [4.69, 9.17) is 18.0 Å². The normalized spacial score (nSPS) is 11.3. The van der Waals surface area contributed by atoms with Crippen molar-refractivity contribution < 1.29 is 4.79 Å². The smallest absolute Gasteiger partial charge is 0.252 e. The standard InChI is InChI=1S/C23H21ClN6O2/c1-4-5-9-27-23(32)14(2)28-19-12-21(31)30(3)20-7-6-15(11-16(19)20)29-18-8-10-26-22(24)17(18)13-25/h1,6-8,10-12,14,28H,5,9H2,2-3H3,(H,26,29)(H,27,32)/t14-/m1/s1. The first-order valence-corrected chi connectivity index (χ1v) is 10.2. The minimum absolute atomic E-state index is 0.104. The van der Waals surface area contributed by atoms with Crippen LogP contribution in [-0.2, 0) is 11.8 Å². The number of aromatic nitrogens is 2. The van der Waals surface area contributed by atoms with Crippen LogP contribution in [0.5, 0.6) is 0 Å². The molecule has 3 rings (SSSR count). The van der Waals surface area contributed by atoms with Crippen LogP contribution in [-0.4, -0.2) is 28.0 Å². The lowest BCUT2D eigenvalue weighted by molar-refractivity contribution is -0.121. The summed E-state index contributed by atoms with van der Waals surface area (Å²) in [4.78, 5) is 28.7. The van der Waals surface area contributed by atoms with Crippen molar-refractivity contribution in [2.75, 3.05) is 17.2 Å². The number of carbonyl (C=O) groups is 1. The molecule has 1 amide bonds. The molecule has 1 aromatic carbocycles. The minimum Gasteiger partial charge on any atom is -0.373 e. The van der Waals surface area contributed by atoms with Crippen LogP contribution in [0.2, 0.25) is 5.15 Å². The summed E-state index contributed by atoms with van der Waals surface area (Å²) in [5.74, 6) is 2.24. The van der Waals surface area contributed by atoms with Crippen molar-refractivity contribution in [3.05, 3.63) is 57.6 Å². The quantitative estimate of drug-likeness (QED) is 0.291. The van der Waals surface area contributed by atoms with Crippen LogP contribution in [0.25, 0.3) is 10.9 Å². The zero-order chi connectivity index (χ0) is 23.3. The fraction of sp³-hybridized carbons (Fsp3) is 0.217. The number of halogens is 1. The summed E-state index contributed by atoms with van der Waals surface area (Å²) in [6.45, 7) is 2.08. The maximum Gasteiger partial charge on any atom is 0.252 e. The monoisotopic (exact) mass is 448 g/mol. The van der Waals surface area contributed by atoms with E-state index in [9.17, 15) is 14.9 Å². The number of aryl methyl sites for hydroxylation is 1. The number of nitrogens with one attached hydrogen (secondary N) is 3. The predicted molar refractivity (Wildman–Crippen MR) is 126 cm³/mol. The Hall–Kier alpha value is -4.01. The molecule has 0 aliphatic rings. The molecule has 0 aliphatic carbocycles. The van der Waals surface area contributed by atoms with Gasteiger partial charge in [0.15, 0.2) is 0 Å². The Bertz CT molecular complexity index is 1320. The van der Waals surface area contributed by atoms with Crippen molar-refractivity contribution in [1.82, 2.24) is 14.9 Å². The number of hydrogen-bond acceptors (Lipinski definition) is 6. The molecule has 0 saturated heterocycles. The third-order valence-electron chi connectivity index (χ3n) is 4.88. The Balaban J connectivity index is 1.97. The molecule has 2 heterocycles. The van der Waals surface area contributed by atoms with E-state index in [1.807, 2.05) is 12.1 Å². The first-order valence-electron chi connectivity index (χ1n) is 9.78. The SMILES string of the molecule is C#CCCNC(=O)[C@@H](C)Nc1cc(=O)n(C)c2ccc(Nc3ccnc(Cl)c3C#N)cc12. The average molecular weight is 449 g/mol. The van der Waals surface area contributed by atoms with E-state index in [2.05, 4.69) is 26.9 Å². The minimum atomic E-state index is -0.594. The third kappa shape index (κ3) is 4.83. The number of carbonyl (C=O) groups excluding carboxylic acids is 1. The van der Waals surface area contributed by atoms with E-state index in [1.54, 1.807) is 32.2 Å². The zero-order valence-corrected chi connectivity index (χ0v) is 18.3. The van der Waals surface area contributed by atoms with E-state index < -0.39 is 6.04 Å². The molecule has 3 N–H and O–H groups in total. The molecular formula is C23H21ClN6O2. The molecule has 0 bridgehead atoms. The number of nitriles is 1. The Morgan fingerprint density at radius 1 is 1.31 bits per heavy atom. The van der Waals surface area contributed by atoms with Crippen molar-refractivity contribution in [3.8, 4) is 18.4 Å². The molecule has 0 aliphatic heterocycles. The Kier molecular flexibility index (Phi) is 6.99. The highest BCUT2D eigenvalue weighted by molar-refractivity contribution is 6.31. The van der Waals surface area contributed by atoms with Gasteiger partial charge in [-0.1, -0.05) is 11.6 Å². The largest absolute Gasteiger partial charge is 0.373 e. The van der Waals surface area contributed by atoms with E-state index in [1.165, 1.54) is 16.8 Å². The number of nitrogens with zero attached hydrogens (tertiary/aromatic N) is 3. The number of benzene rings is 1. The Labute approximate surface area is 190 Å². The summed E-state index contributed by atoms with van der Waals surface area (Å²) >= 11 is 6.02. The summed E-state index contributed by atoms with van der Waals surface area (Å²) in [5, 5.41) is 19.2. The molecular weight excluding hydrogens is 428 g/mol. The van der Waals surface area contributed by atoms with Gasteiger partial charge in [-0.25, -0.2) is 4.98 Å².